The van der Waals surface area contributed by atoms with Crippen LogP contribution >= 0.6 is 0 Å². The minimum atomic E-state index is -0.593. The Labute approximate surface area is 223 Å². The monoisotopic (exact) mass is 521 g/mol. The Morgan fingerprint density at radius 2 is 1.54 bits per heavy atom. The Bertz CT molecular complexity index is 1580. The molecule has 0 saturated carbocycles. The summed E-state index contributed by atoms with van der Waals surface area (Å²) in [5, 5.41) is 30.1. The molecule has 0 aliphatic heterocycles. The predicted molar refractivity (Wildman–Crippen MR) is 145 cm³/mol. The van der Waals surface area contributed by atoms with Crippen molar-refractivity contribution in [2.75, 3.05) is 11.9 Å². The lowest BCUT2D eigenvalue weighted by Crippen LogP contribution is -1.96. The molecule has 0 atom stereocenters. The average molecular weight is 522 g/mol. The highest BCUT2D eigenvalue weighted by atomic mass is 19.1. The van der Waals surface area contributed by atoms with Gasteiger partial charge in [-0.1, -0.05) is 24.3 Å². The fourth-order valence-electron chi connectivity index (χ4n) is 3.80. The quantitative estimate of drug-likeness (QED) is 0.203. The number of pyridine rings is 2. The second-order valence-electron chi connectivity index (χ2n) is 8.57. The van der Waals surface area contributed by atoms with Crippen molar-refractivity contribution in [3.63, 3.8) is 0 Å². The number of benzene rings is 2. The summed E-state index contributed by atoms with van der Waals surface area (Å²) in [6, 6.07) is 22.1. The number of aliphatic hydroxyl groups excluding tert-OH is 1. The number of rotatable bonds is 9. The number of nitrogens with one attached hydrogen (secondary N) is 1. The van der Waals surface area contributed by atoms with E-state index in [1.807, 2.05) is 48.5 Å². The summed E-state index contributed by atoms with van der Waals surface area (Å²) in [5.74, 6) is -0.336. The Morgan fingerprint density at radius 3 is 2.26 bits per heavy atom. The molecule has 2 aromatic carbocycles. The standard InChI is InChI=1S/C29H24FN7O2/c30-27-18-33-29(36-28(27)21-6-7-22(12-13-38)31-15-21)37-34-17-24-10-11-25(16-32-24)35-23-8-4-19(5-9-23)20-2-1-3-26(39)14-20/h1-11,14-16,18,35,38-39H,12-13,17H2. The van der Waals surface area contributed by atoms with Crippen LogP contribution in [0.25, 0.3) is 22.4 Å². The fraction of sp³-hybridized carbons (Fsp3) is 0.103. The van der Waals surface area contributed by atoms with E-state index in [2.05, 4.69) is 35.5 Å². The fourth-order valence-corrected chi connectivity index (χ4v) is 3.80. The normalized spacial score (nSPS) is 11.1. The van der Waals surface area contributed by atoms with Crippen molar-refractivity contribution >= 4 is 17.3 Å². The minimum absolute atomic E-state index is 0.0108. The highest BCUT2D eigenvalue weighted by Gasteiger charge is 2.10. The molecule has 0 bridgehead atoms. The molecule has 0 saturated heterocycles. The number of hydrogen-bond acceptors (Lipinski definition) is 9. The van der Waals surface area contributed by atoms with Crippen LogP contribution in [0.1, 0.15) is 11.4 Å². The summed E-state index contributed by atoms with van der Waals surface area (Å²) >= 11 is 0. The van der Waals surface area contributed by atoms with Crippen LogP contribution in [0.4, 0.5) is 21.7 Å². The van der Waals surface area contributed by atoms with Gasteiger partial charge in [0, 0.05) is 36.2 Å². The van der Waals surface area contributed by atoms with Crippen LogP contribution in [0.3, 0.4) is 0 Å². The van der Waals surface area contributed by atoms with Crippen LogP contribution in [0.15, 0.2) is 102 Å². The number of azo groups is 1. The van der Waals surface area contributed by atoms with E-state index in [0.717, 1.165) is 28.7 Å². The molecule has 39 heavy (non-hydrogen) atoms. The average Bonchev–Trinajstić information content (AvgIpc) is 2.96. The van der Waals surface area contributed by atoms with Gasteiger partial charge in [0.2, 0.25) is 0 Å². The molecule has 0 radical (unpaired) electrons. The molecule has 3 aromatic heterocycles. The number of nitrogens with zero attached hydrogens (tertiary/aromatic N) is 6. The van der Waals surface area contributed by atoms with Crippen molar-refractivity contribution in [1.82, 2.24) is 19.9 Å². The first-order valence-electron chi connectivity index (χ1n) is 12.1. The second-order valence-corrected chi connectivity index (χ2v) is 8.57. The van der Waals surface area contributed by atoms with Gasteiger partial charge in [0.1, 0.15) is 18.0 Å². The van der Waals surface area contributed by atoms with Gasteiger partial charge in [-0.3, -0.25) is 9.97 Å². The highest BCUT2D eigenvalue weighted by Crippen LogP contribution is 2.26. The number of aliphatic hydroxyl groups is 1. The molecule has 0 aliphatic rings. The van der Waals surface area contributed by atoms with E-state index in [9.17, 15) is 9.50 Å². The first kappa shape index (κ1) is 25.6. The zero-order valence-electron chi connectivity index (χ0n) is 20.7. The van der Waals surface area contributed by atoms with Gasteiger partial charge in [-0.25, -0.2) is 14.4 Å². The van der Waals surface area contributed by atoms with Gasteiger partial charge in [-0.2, -0.15) is 5.11 Å². The van der Waals surface area contributed by atoms with Gasteiger partial charge in [0.15, 0.2) is 5.82 Å². The third-order valence-corrected chi connectivity index (χ3v) is 5.77. The molecular weight excluding hydrogens is 497 g/mol. The SMILES string of the molecule is OCCc1ccc(-c2nc(N=NCc3ccc(Nc4ccc(-c5cccc(O)c5)cc4)cn3)ncc2F)cn1. The van der Waals surface area contributed by atoms with Crippen molar-refractivity contribution in [3.8, 4) is 28.1 Å². The van der Waals surface area contributed by atoms with Gasteiger partial charge < -0.3 is 15.5 Å². The van der Waals surface area contributed by atoms with Crippen LogP contribution in [-0.4, -0.2) is 36.8 Å². The number of aromatic hydroxyl groups is 1. The number of hydrogen-bond donors (Lipinski definition) is 3. The Morgan fingerprint density at radius 1 is 0.769 bits per heavy atom. The van der Waals surface area contributed by atoms with Gasteiger partial charge >= 0.3 is 0 Å². The largest absolute Gasteiger partial charge is 0.508 e. The van der Waals surface area contributed by atoms with Crippen LogP contribution in [0, 0.1) is 5.82 Å². The summed E-state index contributed by atoms with van der Waals surface area (Å²) in [4.78, 5) is 16.7. The topological polar surface area (TPSA) is 129 Å². The zero-order valence-corrected chi connectivity index (χ0v) is 20.7. The molecule has 0 spiro atoms. The molecule has 0 aliphatic carbocycles. The van der Waals surface area contributed by atoms with E-state index in [4.69, 9.17) is 5.11 Å². The molecule has 9 nitrogen and oxygen atoms in total. The van der Waals surface area contributed by atoms with Gasteiger partial charge in [0.25, 0.3) is 5.95 Å². The molecule has 5 aromatic rings. The second kappa shape index (κ2) is 12.0. The molecule has 10 heteroatoms. The van der Waals surface area contributed by atoms with E-state index in [-0.39, 0.29) is 30.5 Å². The summed E-state index contributed by atoms with van der Waals surface area (Å²) in [5.41, 5.74) is 5.59. The zero-order chi connectivity index (χ0) is 27.0. The van der Waals surface area contributed by atoms with Crippen molar-refractivity contribution in [1.29, 1.82) is 0 Å². The Hall–Kier alpha value is -5.09. The number of anilines is 2. The summed E-state index contributed by atoms with van der Waals surface area (Å²) in [6.45, 7) is 0.190. The maximum atomic E-state index is 14.3. The first-order chi connectivity index (χ1) is 19.1. The van der Waals surface area contributed by atoms with Gasteiger partial charge in [-0.05, 0) is 59.7 Å². The van der Waals surface area contributed by atoms with Crippen LogP contribution in [-0.2, 0) is 13.0 Å². The number of phenolic OH excluding ortho intramolecular Hbond substituents is 1. The maximum Gasteiger partial charge on any atom is 0.269 e. The van der Waals surface area contributed by atoms with E-state index < -0.39 is 5.82 Å². The van der Waals surface area contributed by atoms with Crippen LogP contribution in [0.5, 0.6) is 5.75 Å². The summed E-state index contributed by atoms with van der Waals surface area (Å²) < 4.78 is 14.3. The molecule has 3 heterocycles. The Balaban J connectivity index is 1.19. The molecule has 3 N–H and O–H groups in total. The number of halogens is 1. The Kier molecular flexibility index (Phi) is 7.84. The van der Waals surface area contributed by atoms with E-state index in [0.29, 0.717) is 23.4 Å². The smallest absolute Gasteiger partial charge is 0.269 e. The molecular formula is C29H24FN7O2. The van der Waals surface area contributed by atoms with Crippen molar-refractivity contribution in [2.45, 2.75) is 13.0 Å². The third kappa shape index (κ3) is 6.62. The number of aromatic nitrogens is 4. The van der Waals surface area contributed by atoms with E-state index in [1.54, 1.807) is 30.5 Å². The summed E-state index contributed by atoms with van der Waals surface area (Å²) in [7, 11) is 0. The molecule has 194 valence electrons. The highest BCUT2D eigenvalue weighted by molar-refractivity contribution is 5.69. The summed E-state index contributed by atoms with van der Waals surface area (Å²) in [6.07, 6.45) is 4.67. The van der Waals surface area contributed by atoms with Crippen molar-refractivity contribution in [2.24, 2.45) is 10.2 Å². The lowest BCUT2D eigenvalue weighted by Gasteiger charge is -2.08. The van der Waals surface area contributed by atoms with Crippen molar-refractivity contribution in [3.05, 3.63) is 109 Å². The molecule has 0 amide bonds. The number of phenols is 1. The lowest BCUT2D eigenvalue weighted by atomic mass is 10.1. The van der Waals surface area contributed by atoms with Crippen LogP contribution in [0.2, 0.25) is 0 Å². The van der Waals surface area contributed by atoms with Crippen LogP contribution < -0.4 is 5.32 Å². The lowest BCUT2D eigenvalue weighted by molar-refractivity contribution is 0.298. The maximum absolute atomic E-state index is 14.3. The predicted octanol–water partition coefficient (Wildman–Crippen LogP) is 6.01. The third-order valence-electron chi connectivity index (χ3n) is 5.77. The molecule has 0 unspecified atom stereocenters. The van der Waals surface area contributed by atoms with Gasteiger partial charge in [-0.15, -0.1) is 5.11 Å². The van der Waals surface area contributed by atoms with Gasteiger partial charge in [0.05, 0.1) is 23.8 Å². The minimum Gasteiger partial charge on any atom is -0.508 e. The van der Waals surface area contributed by atoms with E-state index >= 15 is 0 Å². The molecule has 5 rings (SSSR count). The first-order valence-corrected chi connectivity index (χ1v) is 12.1. The van der Waals surface area contributed by atoms with E-state index in [1.165, 1.54) is 6.20 Å². The van der Waals surface area contributed by atoms with Crippen molar-refractivity contribution < 1.29 is 14.6 Å². The molecule has 0 fully saturated rings.